The predicted molar refractivity (Wildman–Crippen MR) is 90.8 cm³/mol. The average Bonchev–Trinajstić information content (AvgIpc) is 2.63. The Balaban J connectivity index is 1.53. The minimum Gasteiger partial charge on any atom is -0.369 e. The number of nitrogens with zero attached hydrogens (tertiary/aromatic N) is 4. The van der Waals surface area contributed by atoms with Crippen molar-refractivity contribution in [2.75, 3.05) is 42.6 Å². The average molecular weight is 328 g/mol. The molecule has 0 saturated carbocycles. The Kier molecular flexibility index (Phi) is 4.06. The van der Waals surface area contributed by atoms with Gasteiger partial charge in [0.25, 0.3) is 0 Å². The van der Waals surface area contributed by atoms with Crippen molar-refractivity contribution in [1.82, 2.24) is 9.97 Å². The summed E-state index contributed by atoms with van der Waals surface area (Å²) < 4.78 is 19.8. The highest BCUT2D eigenvalue weighted by molar-refractivity contribution is 5.48. The van der Waals surface area contributed by atoms with Crippen molar-refractivity contribution < 1.29 is 9.13 Å². The molecule has 0 N–H and O–H groups in total. The zero-order valence-electron chi connectivity index (χ0n) is 13.6. The lowest BCUT2D eigenvalue weighted by molar-refractivity contribution is -0.0631. The second-order valence-corrected chi connectivity index (χ2v) is 6.52. The summed E-state index contributed by atoms with van der Waals surface area (Å²) in [7, 11) is 0. The zero-order valence-corrected chi connectivity index (χ0v) is 13.6. The molecule has 0 unspecified atom stereocenters. The number of morpholine rings is 1. The molecule has 5 nitrogen and oxygen atoms in total. The monoisotopic (exact) mass is 328 g/mol. The zero-order chi connectivity index (χ0) is 16.4. The van der Waals surface area contributed by atoms with E-state index in [4.69, 9.17) is 4.74 Å². The molecule has 0 amide bonds. The molecule has 1 aromatic carbocycles. The molecular formula is C18H21FN4O. The van der Waals surface area contributed by atoms with E-state index in [0.717, 1.165) is 50.5 Å². The molecule has 2 aromatic rings. The third-order valence-corrected chi connectivity index (χ3v) is 4.83. The van der Waals surface area contributed by atoms with E-state index in [9.17, 15) is 4.39 Å². The van der Waals surface area contributed by atoms with Crippen LogP contribution in [-0.4, -0.2) is 48.4 Å². The maximum absolute atomic E-state index is 13.6. The molecule has 1 atom stereocenters. The number of aromatic nitrogens is 2. The first kappa shape index (κ1) is 15.3. The van der Waals surface area contributed by atoms with Crippen LogP contribution in [0.15, 0.2) is 42.9 Å². The van der Waals surface area contributed by atoms with Gasteiger partial charge >= 0.3 is 0 Å². The predicted octanol–water partition coefficient (Wildman–Crippen LogP) is 2.49. The van der Waals surface area contributed by atoms with Crippen molar-refractivity contribution in [1.29, 1.82) is 0 Å². The third-order valence-electron chi connectivity index (χ3n) is 4.83. The summed E-state index contributed by atoms with van der Waals surface area (Å²) in [5, 5.41) is 0. The van der Waals surface area contributed by atoms with Crippen LogP contribution in [0.4, 0.5) is 15.9 Å². The molecule has 0 bridgehead atoms. The minimum atomic E-state index is -0.236. The topological polar surface area (TPSA) is 41.5 Å². The molecule has 4 rings (SSSR count). The largest absolute Gasteiger partial charge is 0.369 e. The molecule has 2 saturated heterocycles. The van der Waals surface area contributed by atoms with Crippen molar-refractivity contribution in [2.45, 2.75) is 18.4 Å². The van der Waals surface area contributed by atoms with Crippen molar-refractivity contribution >= 4 is 11.5 Å². The highest BCUT2D eigenvalue weighted by Gasteiger charge is 2.41. The van der Waals surface area contributed by atoms with Gasteiger partial charge in [0, 0.05) is 37.7 Å². The maximum atomic E-state index is 13.6. The van der Waals surface area contributed by atoms with Crippen LogP contribution >= 0.6 is 0 Å². The molecular weight excluding hydrogens is 307 g/mol. The van der Waals surface area contributed by atoms with Crippen LogP contribution in [0.5, 0.6) is 0 Å². The molecule has 1 spiro atoms. The van der Waals surface area contributed by atoms with Crippen molar-refractivity contribution in [3.63, 3.8) is 0 Å². The molecule has 2 fully saturated rings. The fraction of sp³-hybridized carbons (Fsp3) is 0.444. The van der Waals surface area contributed by atoms with Crippen LogP contribution in [0.2, 0.25) is 0 Å². The van der Waals surface area contributed by atoms with Crippen LogP contribution in [0, 0.1) is 5.82 Å². The highest BCUT2D eigenvalue weighted by atomic mass is 19.1. The molecule has 3 heterocycles. The van der Waals surface area contributed by atoms with E-state index in [2.05, 4.69) is 19.8 Å². The fourth-order valence-corrected chi connectivity index (χ4v) is 3.73. The summed E-state index contributed by atoms with van der Waals surface area (Å²) in [6, 6.07) is 6.81. The van der Waals surface area contributed by atoms with Gasteiger partial charge in [0.2, 0.25) is 0 Å². The molecule has 1 aromatic heterocycles. The quantitative estimate of drug-likeness (QED) is 0.847. The second kappa shape index (κ2) is 6.36. The molecule has 2 aliphatic heterocycles. The van der Waals surface area contributed by atoms with E-state index in [1.165, 1.54) is 6.07 Å². The highest BCUT2D eigenvalue weighted by Crippen LogP contribution is 2.32. The third kappa shape index (κ3) is 3.06. The normalized spacial score (nSPS) is 24.4. The number of rotatable bonds is 2. The number of halogens is 1. The number of hydrogen-bond acceptors (Lipinski definition) is 5. The van der Waals surface area contributed by atoms with Gasteiger partial charge in [0.15, 0.2) is 0 Å². The number of piperidine rings is 1. The van der Waals surface area contributed by atoms with Crippen LogP contribution in [0.3, 0.4) is 0 Å². The van der Waals surface area contributed by atoms with Crippen LogP contribution < -0.4 is 9.80 Å². The molecule has 0 radical (unpaired) electrons. The summed E-state index contributed by atoms with van der Waals surface area (Å²) in [4.78, 5) is 13.1. The number of benzene rings is 1. The molecule has 2 aliphatic rings. The minimum absolute atomic E-state index is 0.196. The molecule has 0 aliphatic carbocycles. The van der Waals surface area contributed by atoms with Gasteiger partial charge in [-0.25, -0.2) is 9.37 Å². The Hall–Kier alpha value is -2.21. The summed E-state index contributed by atoms with van der Waals surface area (Å²) in [5.74, 6) is 0.695. The molecule has 126 valence electrons. The van der Waals surface area contributed by atoms with Crippen molar-refractivity contribution in [2.24, 2.45) is 0 Å². The van der Waals surface area contributed by atoms with Crippen LogP contribution in [0.1, 0.15) is 12.8 Å². The molecule has 6 heteroatoms. The van der Waals surface area contributed by atoms with Gasteiger partial charge in [-0.1, -0.05) is 6.07 Å². The lowest BCUT2D eigenvalue weighted by atomic mass is 9.90. The number of ether oxygens (including phenoxy) is 1. The smallest absolute Gasteiger partial charge is 0.147 e. The van der Waals surface area contributed by atoms with E-state index in [0.29, 0.717) is 6.61 Å². The first-order valence-corrected chi connectivity index (χ1v) is 8.40. The first-order valence-electron chi connectivity index (χ1n) is 8.40. The van der Waals surface area contributed by atoms with Gasteiger partial charge in [-0.2, -0.15) is 0 Å². The number of hydrogen-bond donors (Lipinski definition) is 0. The summed E-state index contributed by atoms with van der Waals surface area (Å²) >= 11 is 0. The first-order chi connectivity index (χ1) is 11.7. The van der Waals surface area contributed by atoms with E-state index >= 15 is 0 Å². The van der Waals surface area contributed by atoms with E-state index in [1.54, 1.807) is 30.7 Å². The van der Waals surface area contributed by atoms with Gasteiger partial charge < -0.3 is 14.5 Å². The second-order valence-electron chi connectivity index (χ2n) is 6.52. The van der Waals surface area contributed by atoms with Gasteiger partial charge in [-0.05, 0) is 31.0 Å². The van der Waals surface area contributed by atoms with Gasteiger partial charge in [0.1, 0.15) is 17.2 Å². The standard InChI is InChI=1S/C18H21FN4O/c19-15-3-1-4-16(11-15)22-8-2-5-18(13-22)14-23(9-10-24-18)17-12-20-6-7-21-17/h1,3-4,6-7,11-12H,2,5,8-10,13-14H2/t18-/m1/s1. The van der Waals surface area contributed by atoms with E-state index < -0.39 is 0 Å². The Labute approximate surface area is 141 Å². The number of anilines is 2. The van der Waals surface area contributed by atoms with Crippen molar-refractivity contribution in [3.05, 3.63) is 48.7 Å². The molecule has 24 heavy (non-hydrogen) atoms. The Bertz CT molecular complexity index is 694. The summed E-state index contributed by atoms with van der Waals surface area (Å²) in [6.45, 7) is 3.98. The SMILES string of the molecule is Fc1cccc(N2CCC[C@@]3(C2)CN(c2cnccn2)CCO3)c1. The fourth-order valence-electron chi connectivity index (χ4n) is 3.73. The van der Waals surface area contributed by atoms with Gasteiger partial charge in [-0.3, -0.25) is 4.98 Å². The van der Waals surface area contributed by atoms with E-state index in [-0.39, 0.29) is 11.4 Å². The van der Waals surface area contributed by atoms with Crippen LogP contribution in [0.25, 0.3) is 0 Å². The summed E-state index contributed by atoms with van der Waals surface area (Å²) in [6.07, 6.45) is 7.25. The van der Waals surface area contributed by atoms with Crippen molar-refractivity contribution in [3.8, 4) is 0 Å². The Morgan fingerprint density at radius 3 is 2.88 bits per heavy atom. The summed E-state index contributed by atoms with van der Waals surface area (Å²) in [5.41, 5.74) is 0.690. The lowest BCUT2D eigenvalue weighted by Crippen LogP contribution is -2.60. The lowest BCUT2D eigenvalue weighted by Gasteiger charge is -2.48. The Morgan fingerprint density at radius 2 is 2.04 bits per heavy atom. The van der Waals surface area contributed by atoms with Gasteiger partial charge in [-0.15, -0.1) is 0 Å². The van der Waals surface area contributed by atoms with Crippen LogP contribution in [-0.2, 0) is 4.74 Å². The van der Waals surface area contributed by atoms with E-state index in [1.807, 2.05) is 6.07 Å². The van der Waals surface area contributed by atoms with Gasteiger partial charge in [0.05, 0.1) is 19.3 Å². The Morgan fingerprint density at radius 1 is 1.12 bits per heavy atom. The maximum Gasteiger partial charge on any atom is 0.147 e.